The largest absolute Gasteiger partial charge is 0.486 e. The number of anilines is 1. The average molecular weight is 295 g/mol. The summed E-state index contributed by atoms with van der Waals surface area (Å²) < 4.78 is 5.82. The number of rotatable bonds is 4. The SMILES string of the molecule is CCC1CN(C(C)=O)c2cc(SCC(=O)O)ccc2O1. The lowest BCUT2D eigenvalue weighted by Gasteiger charge is -2.34. The molecule has 0 saturated heterocycles. The van der Waals surface area contributed by atoms with Gasteiger partial charge in [0.05, 0.1) is 18.0 Å². The Labute approximate surface area is 121 Å². The van der Waals surface area contributed by atoms with Gasteiger partial charge in [0.15, 0.2) is 0 Å². The molecule has 1 amide bonds. The molecular formula is C14H17NO4S. The summed E-state index contributed by atoms with van der Waals surface area (Å²) in [5, 5.41) is 8.71. The van der Waals surface area contributed by atoms with Crippen LogP contribution in [-0.2, 0) is 9.59 Å². The number of hydrogen-bond donors (Lipinski definition) is 1. The maximum absolute atomic E-state index is 11.8. The van der Waals surface area contributed by atoms with Crippen molar-refractivity contribution in [3.63, 3.8) is 0 Å². The number of thioether (sulfide) groups is 1. The van der Waals surface area contributed by atoms with Crippen molar-refractivity contribution < 1.29 is 19.4 Å². The molecule has 1 heterocycles. The molecule has 0 radical (unpaired) electrons. The standard InChI is InChI=1S/C14H17NO4S/c1-3-10-7-15(9(2)16)12-6-11(20-8-14(17)18)4-5-13(12)19-10/h4-6,10H,3,7-8H2,1-2H3,(H,17,18). The van der Waals surface area contributed by atoms with Gasteiger partial charge in [-0.2, -0.15) is 0 Å². The van der Waals surface area contributed by atoms with E-state index >= 15 is 0 Å². The molecule has 2 rings (SSSR count). The molecule has 0 spiro atoms. The molecule has 1 aromatic rings. The lowest BCUT2D eigenvalue weighted by atomic mass is 10.1. The highest BCUT2D eigenvalue weighted by molar-refractivity contribution is 8.00. The second-order valence-electron chi connectivity index (χ2n) is 4.59. The molecule has 1 atom stereocenters. The third-order valence-corrected chi connectivity index (χ3v) is 4.08. The van der Waals surface area contributed by atoms with Crippen LogP contribution in [0.25, 0.3) is 0 Å². The molecule has 0 bridgehead atoms. The van der Waals surface area contributed by atoms with Crippen molar-refractivity contribution in [1.82, 2.24) is 0 Å². The maximum Gasteiger partial charge on any atom is 0.313 e. The number of carbonyl (C=O) groups is 2. The molecule has 1 N–H and O–H groups in total. The van der Waals surface area contributed by atoms with Crippen LogP contribution in [0.1, 0.15) is 20.3 Å². The maximum atomic E-state index is 11.8. The number of amides is 1. The molecule has 1 aliphatic rings. The first-order chi connectivity index (χ1) is 9.51. The van der Waals surface area contributed by atoms with E-state index in [1.807, 2.05) is 19.1 Å². The van der Waals surface area contributed by atoms with Gasteiger partial charge in [0.1, 0.15) is 11.9 Å². The molecule has 0 saturated carbocycles. The number of ether oxygens (including phenoxy) is 1. The number of hydrogen-bond acceptors (Lipinski definition) is 4. The summed E-state index contributed by atoms with van der Waals surface area (Å²) >= 11 is 1.23. The van der Waals surface area contributed by atoms with Gasteiger partial charge in [0.25, 0.3) is 0 Å². The van der Waals surface area contributed by atoms with Crippen molar-refractivity contribution in [2.24, 2.45) is 0 Å². The van der Waals surface area contributed by atoms with Crippen LogP contribution >= 0.6 is 11.8 Å². The summed E-state index contributed by atoms with van der Waals surface area (Å²) in [4.78, 5) is 24.9. The predicted octanol–water partition coefficient (Wildman–Crippen LogP) is 2.39. The van der Waals surface area contributed by atoms with E-state index in [4.69, 9.17) is 9.84 Å². The quantitative estimate of drug-likeness (QED) is 0.864. The first-order valence-corrected chi connectivity index (χ1v) is 7.43. The molecule has 1 aromatic carbocycles. The van der Waals surface area contributed by atoms with Gasteiger partial charge in [-0.25, -0.2) is 0 Å². The molecule has 0 aliphatic carbocycles. The second kappa shape index (κ2) is 6.17. The van der Waals surface area contributed by atoms with E-state index in [9.17, 15) is 9.59 Å². The normalized spacial score (nSPS) is 17.3. The fourth-order valence-corrected chi connectivity index (χ4v) is 2.72. The number of nitrogens with zero attached hydrogens (tertiary/aromatic N) is 1. The molecule has 1 unspecified atom stereocenters. The molecule has 5 nitrogen and oxygen atoms in total. The topological polar surface area (TPSA) is 66.8 Å². The highest BCUT2D eigenvalue weighted by Gasteiger charge is 2.27. The molecule has 1 aliphatic heterocycles. The number of carbonyl (C=O) groups excluding carboxylic acids is 1. The average Bonchev–Trinajstić information content (AvgIpc) is 2.43. The van der Waals surface area contributed by atoms with Crippen molar-refractivity contribution in [2.75, 3.05) is 17.2 Å². The smallest absolute Gasteiger partial charge is 0.313 e. The Morgan fingerprint density at radius 2 is 2.25 bits per heavy atom. The molecule has 108 valence electrons. The van der Waals surface area contributed by atoms with Gasteiger partial charge in [-0.15, -0.1) is 11.8 Å². The van der Waals surface area contributed by atoms with Crippen molar-refractivity contribution in [1.29, 1.82) is 0 Å². The minimum Gasteiger partial charge on any atom is -0.486 e. The van der Waals surface area contributed by atoms with Gasteiger partial charge in [-0.3, -0.25) is 9.59 Å². The Bertz CT molecular complexity index is 532. The summed E-state index contributed by atoms with van der Waals surface area (Å²) in [7, 11) is 0. The lowest BCUT2D eigenvalue weighted by Crippen LogP contribution is -2.42. The van der Waals surface area contributed by atoms with Crippen LogP contribution in [0.3, 0.4) is 0 Å². The minimum absolute atomic E-state index is 0.00268. The van der Waals surface area contributed by atoms with Gasteiger partial charge in [0, 0.05) is 11.8 Å². The number of benzene rings is 1. The Balaban J connectivity index is 2.28. The third-order valence-electron chi connectivity index (χ3n) is 3.10. The molecule has 6 heteroatoms. The highest BCUT2D eigenvalue weighted by atomic mass is 32.2. The Kier molecular flexibility index (Phi) is 4.54. The summed E-state index contributed by atoms with van der Waals surface area (Å²) in [6.45, 7) is 4.08. The van der Waals surface area contributed by atoms with E-state index in [0.29, 0.717) is 12.3 Å². The van der Waals surface area contributed by atoms with Crippen LogP contribution in [0.5, 0.6) is 5.75 Å². The highest BCUT2D eigenvalue weighted by Crippen LogP contribution is 2.37. The number of carboxylic acid groups (broad SMARTS) is 1. The van der Waals surface area contributed by atoms with Gasteiger partial charge in [0.2, 0.25) is 5.91 Å². The summed E-state index contributed by atoms with van der Waals surface area (Å²) in [6, 6.07) is 5.44. The van der Waals surface area contributed by atoms with Crippen LogP contribution in [-0.4, -0.2) is 35.4 Å². The first kappa shape index (κ1) is 14.7. The zero-order valence-corrected chi connectivity index (χ0v) is 12.3. The van der Waals surface area contributed by atoms with E-state index in [1.165, 1.54) is 18.7 Å². The van der Waals surface area contributed by atoms with E-state index in [2.05, 4.69) is 0 Å². The molecule has 0 fully saturated rings. The Morgan fingerprint density at radius 1 is 1.50 bits per heavy atom. The number of aliphatic carboxylic acids is 1. The summed E-state index contributed by atoms with van der Waals surface area (Å²) in [5.74, 6) is -0.220. The van der Waals surface area contributed by atoms with E-state index in [-0.39, 0.29) is 17.8 Å². The molecular weight excluding hydrogens is 278 g/mol. The summed E-state index contributed by atoms with van der Waals surface area (Å²) in [5.41, 5.74) is 0.720. The Morgan fingerprint density at radius 3 is 2.85 bits per heavy atom. The van der Waals surface area contributed by atoms with Crippen LogP contribution < -0.4 is 9.64 Å². The predicted molar refractivity (Wildman–Crippen MR) is 77.5 cm³/mol. The van der Waals surface area contributed by atoms with Gasteiger partial charge in [-0.1, -0.05) is 6.92 Å². The zero-order valence-electron chi connectivity index (χ0n) is 11.5. The minimum atomic E-state index is -0.863. The van der Waals surface area contributed by atoms with Crippen molar-refractivity contribution in [3.8, 4) is 5.75 Å². The van der Waals surface area contributed by atoms with Gasteiger partial charge in [-0.05, 0) is 24.6 Å². The van der Waals surface area contributed by atoms with E-state index < -0.39 is 5.97 Å². The van der Waals surface area contributed by atoms with Crippen LogP contribution in [0.4, 0.5) is 5.69 Å². The van der Waals surface area contributed by atoms with Gasteiger partial charge < -0.3 is 14.7 Å². The van der Waals surface area contributed by atoms with Crippen molar-refractivity contribution in [3.05, 3.63) is 18.2 Å². The van der Waals surface area contributed by atoms with Crippen LogP contribution in [0, 0.1) is 0 Å². The zero-order chi connectivity index (χ0) is 14.7. The van der Waals surface area contributed by atoms with Crippen LogP contribution in [0.2, 0.25) is 0 Å². The van der Waals surface area contributed by atoms with Gasteiger partial charge >= 0.3 is 5.97 Å². The fourth-order valence-electron chi connectivity index (χ4n) is 2.07. The third kappa shape index (κ3) is 3.25. The van der Waals surface area contributed by atoms with Crippen LogP contribution in [0.15, 0.2) is 23.1 Å². The Hall–Kier alpha value is -1.69. The number of fused-ring (bicyclic) bond motifs is 1. The van der Waals surface area contributed by atoms with E-state index in [1.54, 1.807) is 11.0 Å². The number of carboxylic acids is 1. The molecule has 20 heavy (non-hydrogen) atoms. The monoisotopic (exact) mass is 295 g/mol. The van der Waals surface area contributed by atoms with E-state index in [0.717, 1.165) is 17.0 Å². The fraction of sp³-hybridized carbons (Fsp3) is 0.429. The molecule has 0 aromatic heterocycles. The van der Waals surface area contributed by atoms with Crippen molar-refractivity contribution >= 4 is 29.3 Å². The second-order valence-corrected chi connectivity index (χ2v) is 5.64. The lowest BCUT2D eigenvalue weighted by molar-refractivity contribution is -0.133. The summed E-state index contributed by atoms with van der Waals surface area (Å²) in [6.07, 6.45) is 0.836. The first-order valence-electron chi connectivity index (χ1n) is 6.44. The van der Waals surface area contributed by atoms with Crippen molar-refractivity contribution in [2.45, 2.75) is 31.3 Å².